The average Bonchev–Trinajstić information content (AvgIpc) is 3.83. The summed E-state index contributed by atoms with van der Waals surface area (Å²) in [5, 5.41) is 4.33. The highest BCUT2D eigenvalue weighted by Gasteiger charge is 2.63. The molecule has 0 amide bonds. The molecule has 7 rings (SSSR count). The van der Waals surface area contributed by atoms with Crippen molar-refractivity contribution in [1.29, 1.82) is 0 Å². The molecule has 0 aromatic heterocycles. The van der Waals surface area contributed by atoms with Crippen molar-refractivity contribution in [2.24, 2.45) is 57.7 Å². The summed E-state index contributed by atoms with van der Waals surface area (Å²) >= 11 is 0. The van der Waals surface area contributed by atoms with Crippen LogP contribution in [0.1, 0.15) is 93.4 Å². The SMILES string of the molecule is CC(C)COC(=O)C(C)(C)CC(C)(CC(C)(C)C(=O)Oc1ccc2cc3ccccc3cc2c1)C(=O)OC1CC2CC1C1C3CCC(C3)C21. The van der Waals surface area contributed by atoms with Gasteiger partial charge >= 0.3 is 17.9 Å². The van der Waals surface area contributed by atoms with E-state index in [0.717, 1.165) is 45.7 Å². The van der Waals surface area contributed by atoms with E-state index < -0.39 is 22.2 Å². The van der Waals surface area contributed by atoms with E-state index in [1.54, 1.807) is 0 Å². The van der Waals surface area contributed by atoms with Crippen molar-refractivity contribution in [1.82, 2.24) is 0 Å². The summed E-state index contributed by atoms with van der Waals surface area (Å²) in [6.07, 6.45) is 6.46. The Morgan fingerprint density at radius 2 is 1.31 bits per heavy atom. The van der Waals surface area contributed by atoms with Crippen LogP contribution in [0.4, 0.5) is 0 Å². The molecule has 49 heavy (non-hydrogen) atoms. The van der Waals surface area contributed by atoms with Gasteiger partial charge in [-0.25, -0.2) is 0 Å². The Kier molecular flexibility index (Phi) is 8.63. The first-order valence-corrected chi connectivity index (χ1v) is 18.7. The lowest BCUT2D eigenvalue weighted by atomic mass is 9.66. The van der Waals surface area contributed by atoms with Crippen LogP contribution in [-0.2, 0) is 23.9 Å². The highest BCUT2D eigenvalue weighted by Crippen LogP contribution is 2.68. The minimum Gasteiger partial charge on any atom is -0.465 e. The van der Waals surface area contributed by atoms with Gasteiger partial charge in [0.05, 0.1) is 22.9 Å². The number of hydrogen-bond donors (Lipinski definition) is 0. The van der Waals surface area contributed by atoms with Gasteiger partial charge in [0, 0.05) is 0 Å². The minimum atomic E-state index is -1.12. The Hall–Kier alpha value is -3.41. The van der Waals surface area contributed by atoms with Gasteiger partial charge in [-0.1, -0.05) is 44.2 Å². The highest BCUT2D eigenvalue weighted by atomic mass is 16.6. The van der Waals surface area contributed by atoms with Crippen LogP contribution in [0.25, 0.3) is 21.5 Å². The van der Waals surface area contributed by atoms with Gasteiger partial charge in [0.15, 0.2) is 0 Å². The van der Waals surface area contributed by atoms with Crippen LogP contribution in [0.3, 0.4) is 0 Å². The molecule has 3 aromatic rings. The molecule has 0 saturated heterocycles. The summed E-state index contributed by atoms with van der Waals surface area (Å²) in [5.41, 5.74) is -3.14. The monoisotopic (exact) mass is 666 g/mol. The van der Waals surface area contributed by atoms with E-state index >= 15 is 0 Å². The van der Waals surface area contributed by atoms with Crippen molar-refractivity contribution in [2.75, 3.05) is 6.61 Å². The van der Waals surface area contributed by atoms with Gasteiger partial charge in [-0.15, -0.1) is 0 Å². The summed E-state index contributed by atoms with van der Waals surface area (Å²) in [7, 11) is 0. The van der Waals surface area contributed by atoms with Gasteiger partial charge < -0.3 is 14.2 Å². The van der Waals surface area contributed by atoms with Gasteiger partial charge in [-0.3, -0.25) is 14.4 Å². The zero-order valence-corrected chi connectivity index (χ0v) is 30.4. The van der Waals surface area contributed by atoms with Gasteiger partial charge in [0.2, 0.25) is 0 Å². The van der Waals surface area contributed by atoms with E-state index in [1.807, 2.05) is 78.8 Å². The van der Waals surface area contributed by atoms with Crippen molar-refractivity contribution >= 4 is 39.5 Å². The van der Waals surface area contributed by atoms with Crippen molar-refractivity contribution < 1.29 is 28.6 Å². The standard InChI is InChI=1S/C43H54O6/c1-25(2)22-47-38(44)41(3,4)23-43(7,40(46)49-35-21-32-20-34(35)37-30-13-12-29(18-30)36(32)37)24-42(5,6)39(45)48-33-15-14-28-16-26-10-8-9-11-27(26)17-31(28)19-33/h8-11,14-17,19,25,29-30,32,34-37H,12-13,18,20-24H2,1-7H3. The predicted octanol–water partition coefficient (Wildman–Crippen LogP) is 9.55. The molecule has 6 heteroatoms. The predicted molar refractivity (Wildman–Crippen MR) is 192 cm³/mol. The second-order valence-corrected chi connectivity index (χ2v) is 18.1. The Labute approximate surface area is 291 Å². The maximum Gasteiger partial charge on any atom is 0.316 e. The van der Waals surface area contributed by atoms with Crippen LogP contribution in [-0.4, -0.2) is 30.6 Å². The second-order valence-electron chi connectivity index (χ2n) is 18.1. The second kappa shape index (κ2) is 12.4. The third-order valence-corrected chi connectivity index (χ3v) is 12.6. The maximum absolute atomic E-state index is 14.5. The number of fused-ring (bicyclic) bond motifs is 11. The first-order valence-electron chi connectivity index (χ1n) is 18.7. The molecule has 0 radical (unpaired) electrons. The van der Waals surface area contributed by atoms with Gasteiger partial charge in [0.1, 0.15) is 11.9 Å². The molecule has 0 heterocycles. The Bertz CT molecular complexity index is 1770. The summed E-state index contributed by atoms with van der Waals surface area (Å²) in [4.78, 5) is 41.8. The summed E-state index contributed by atoms with van der Waals surface area (Å²) in [6.45, 7) is 13.5. The highest BCUT2D eigenvalue weighted by molar-refractivity contribution is 5.99. The van der Waals surface area contributed by atoms with Crippen LogP contribution in [0.15, 0.2) is 54.6 Å². The number of hydrogen-bond acceptors (Lipinski definition) is 6. The molecule has 0 aliphatic heterocycles. The molecule has 0 spiro atoms. The van der Waals surface area contributed by atoms with Gasteiger partial charge in [0.25, 0.3) is 0 Å². The molecule has 4 aliphatic rings. The topological polar surface area (TPSA) is 78.9 Å². The first-order chi connectivity index (χ1) is 23.1. The third kappa shape index (κ3) is 6.38. The zero-order valence-electron chi connectivity index (χ0n) is 30.4. The van der Waals surface area contributed by atoms with Crippen LogP contribution in [0, 0.1) is 57.7 Å². The fourth-order valence-corrected chi connectivity index (χ4v) is 10.9. The summed E-state index contributed by atoms with van der Waals surface area (Å²) in [5.74, 6) is 3.86. The summed E-state index contributed by atoms with van der Waals surface area (Å²) < 4.78 is 18.2. The molecule has 8 atom stereocenters. The van der Waals surface area contributed by atoms with Gasteiger partial charge in [-0.05, 0) is 167 Å². The van der Waals surface area contributed by atoms with Crippen molar-refractivity contribution in [3.05, 3.63) is 54.6 Å². The number of carbonyl (C=O) groups is 3. The largest absolute Gasteiger partial charge is 0.465 e. The van der Waals surface area contributed by atoms with E-state index in [0.29, 0.717) is 30.1 Å². The minimum absolute atomic E-state index is 0.0859. The van der Waals surface area contributed by atoms with Gasteiger partial charge in [-0.2, -0.15) is 0 Å². The molecule has 4 bridgehead atoms. The molecule has 6 nitrogen and oxygen atoms in total. The van der Waals surface area contributed by atoms with Crippen LogP contribution in [0.2, 0.25) is 0 Å². The molecule has 4 fully saturated rings. The Balaban J connectivity index is 1.11. The molecular formula is C43H54O6. The normalized spacial score (nSPS) is 28.5. The van der Waals surface area contributed by atoms with Crippen LogP contribution < -0.4 is 4.74 Å². The fraction of sp³-hybridized carbons (Fsp3) is 0.605. The summed E-state index contributed by atoms with van der Waals surface area (Å²) in [6, 6.07) is 18.1. The molecule has 262 valence electrons. The number of benzene rings is 3. The smallest absolute Gasteiger partial charge is 0.316 e. The van der Waals surface area contributed by atoms with Crippen molar-refractivity contribution in [3.8, 4) is 5.75 Å². The van der Waals surface area contributed by atoms with Crippen LogP contribution >= 0.6 is 0 Å². The lowest BCUT2D eigenvalue weighted by molar-refractivity contribution is -0.174. The number of carbonyl (C=O) groups excluding carboxylic acids is 3. The first kappa shape index (κ1) is 34.1. The van der Waals surface area contributed by atoms with E-state index in [2.05, 4.69) is 24.3 Å². The van der Waals surface area contributed by atoms with E-state index in [4.69, 9.17) is 14.2 Å². The van der Waals surface area contributed by atoms with E-state index in [1.165, 1.54) is 25.7 Å². The number of esters is 3. The molecule has 4 aliphatic carbocycles. The number of rotatable bonds is 11. The Morgan fingerprint density at radius 1 is 0.694 bits per heavy atom. The molecule has 4 saturated carbocycles. The van der Waals surface area contributed by atoms with Crippen molar-refractivity contribution in [3.63, 3.8) is 0 Å². The average molecular weight is 667 g/mol. The molecule has 8 unspecified atom stereocenters. The lowest BCUT2D eigenvalue weighted by Gasteiger charge is -2.42. The lowest BCUT2D eigenvalue weighted by Crippen LogP contribution is -2.46. The van der Waals surface area contributed by atoms with Crippen LogP contribution in [0.5, 0.6) is 5.75 Å². The third-order valence-electron chi connectivity index (χ3n) is 12.6. The van der Waals surface area contributed by atoms with Crippen molar-refractivity contribution in [2.45, 2.75) is 99.5 Å². The Morgan fingerprint density at radius 3 is 1.98 bits per heavy atom. The molecule has 0 N–H and O–H groups in total. The quantitative estimate of drug-likeness (QED) is 0.0878. The maximum atomic E-state index is 14.5. The fourth-order valence-electron chi connectivity index (χ4n) is 10.9. The van der Waals surface area contributed by atoms with E-state index in [9.17, 15) is 14.4 Å². The number of ether oxygens (including phenoxy) is 3. The molecular weight excluding hydrogens is 612 g/mol. The molecule has 3 aromatic carbocycles. The van der Waals surface area contributed by atoms with E-state index in [-0.39, 0.29) is 36.8 Å². The zero-order chi connectivity index (χ0) is 34.9.